The molecule has 0 radical (unpaired) electrons. The molecule has 1 aliphatic carbocycles. The first kappa shape index (κ1) is 18.2. The average molecular weight is 330 g/mol. The monoisotopic (exact) mass is 330 g/mol. The second-order valence-corrected chi connectivity index (χ2v) is 6.64. The van der Waals surface area contributed by atoms with Gasteiger partial charge in [-0.3, -0.25) is 0 Å². The van der Waals surface area contributed by atoms with Gasteiger partial charge in [0.15, 0.2) is 0 Å². The summed E-state index contributed by atoms with van der Waals surface area (Å²) in [5.74, 6) is -1.11. The van der Waals surface area contributed by atoms with Gasteiger partial charge in [-0.1, -0.05) is 29.9 Å². The van der Waals surface area contributed by atoms with Crippen LogP contribution in [0.3, 0.4) is 0 Å². The van der Waals surface area contributed by atoms with Crippen LogP contribution in [-0.4, -0.2) is 24.1 Å². The lowest BCUT2D eigenvalue weighted by atomic mass is 9.85. The van der Waals surface area contributed by atoms with E-state index in [-0.39, 0.29) is 11.9 Å². The van der Waals surface area contributed by atoms with Gasteiger partial charge in [0, 0.05) is 17.6 Å². The van der Waals surface area contributed by atoms with E-state index in [1.165, 1.54) is 0 Å². The van der Waals surface area contributed by atoms with Crippen LogP contribution in [0.15, 0.2) is 47.1 Å². The van der Waals surface area contributed by atoms with Crippen molar-refractivity contribution in [3.05, 3.63) is 47.1 Å². The third-order valence-electron chi connectivity index (χ3n) is 4.68. The zero-order valence-electron chi connectivity index (χ0n) is 14.9. The molecule has 0 amide bonds. The van der Waals surface area contributed by atoms with Crippen molar-refractivity contribution in [1.29, 1.82) is 0 Å². The van der Waals surface area contributed by atoms with E-state index >= 15 is 0 Å². The second kappa shape index (κ2) is 7.65. The number of carbonyl (C=O) groups is 2. The van der Waals surface area contributed by atoms with Crippen LogP contribution in [0.4, 0.5) is 0 Å². The minimum Gasteiger partial charge on any atom is -0.458 e. The van der Waals surface area contributed by atoms with Gasteiger partial charge >= 0.3 is 11.9 Å². The zero-order chi connectivity index (χ0) is 17.9. The number of carbonyl (C=O) groups excluding carboxylic acids is 2. The standard InChI is InChI=1S/C20H26O4/c1-6-14(4)19(21)23-16-10-12(2)8-7-9-13(3)11-17-18(16)15(5)20(22)24-17/h6,8,11,16-18H,5,7,9-10H2,1-4H3/b12-8-,13-11-,14-6+. The summed E-state index contributed by atoms with van der Waals surface area (Å²) in [6.07, 6.45) is 7.40. The fraction of sp³-hybridized carbons (Fsp3) is 0.500. The first-order valence-corrected chi connectivity index (χ1v) is 8.40. The summed E-state index contributed by atoms with van der Waals surface area (Å²) in [6, 6.07) is 0. The Morgan fingerprint density at radius 2 is 2.08 bits per heavy atom. The van der Waals surface area contributed by atoms with Crippen LogP contribution < -0.4 is 0 Å². The van der Waals surface area contributed by atoms with Gasteiger partial charge < -0.3 is 9.47 Å². The highest BCUT2D eigenvalue weighted by Crippen LogP contribution is 2.36. The van der Waals surface area contributed by atoms with E-state index in [9.17, 15) is 9.59 Å². The molecule has 0 saturated carbocycles. The van der Waals surface area contributed by atoms with Crippen molar-refractivity contribution in [2.24, 2.45) is 5.92 Å². The number of fused-ring (bicyclic) bond motifs is 1. The summed E-state index contributed by atoms with van der Waals surface area (Å²) in [4.78, 5) is 24.3. The summed E-state index contributed by atoms with van der Waals surface area (Å²) in [7, 11) is 0. The van der Waals surface area contributed by atoms with Gasteiger partial charge in [0.05, 0.1) is 5.92 Å². The molecule has 1 aliphatic heterocycles. The lowest BCUT2D eigenvalue weighted by molar-refractivity contribution is -0.147. The molecule has 2 aliphatic rings. The molecule has 1 saturated heterocycles. The summed E-state index contributed by atoms with van der Waals surface area (Å²) < 4.78 is 11.2. The highest BCUT2D eigenvalue weighted by atomic mass is 16.6. The van der Waals surface area contributed by atoms with Crippen molar-refractivity contribution in [1.82, 2.24) is 0 Å². The average Bonchev–Trinajstić information content (AvgIpc) is 2.79. The molecule has 1 heterocycles. The molecule has 24 heavy (non-hydrogen) atoms. The fourth-order valence-corrected chi connectivity index (χ4v) is 3.08. The maximum atomic E-state index is 12.3. The topological polar surface area (TPSA) is 52.6 Å². The SMILES string of the molecule is C=C1C(=O)OC2/C=C(/C)CC/C=C(/C)CC(OC(=O)/C(C)=C/C)C12. The third kappa shape index (κ3) is 4.05. The van der Waals surface area contributed by atoms with Gasteiger partial charge in [0.1, 0.15) is 12.2 Å². The van der Waals surface area contributed by atoms with E-state index in [1.54, 1.807) is 19.9 Å². The number of hydrogen-bond acceptors (Lipinski definition) is 4. The highest BCUT2D eigenvalue weighted by molar-refractivity contribution is 5.92. The molecule has 0 aromatic rings. The number of esters is 2. The van der Waals surface area contributed by atoms with E-state index in [1.807, 2.05) is 19.9 Å². The fourth-order valence-electron chi connectivity index (χ4n) is 3.08. The lowest BCUT2D eigenvalue weighted by Crippen LogP contribution is -2.33. The molecule has 0 bridgehead atoms. The van der Waals surface area contributed by atoms with E-state index in [2.05, 4.69) is 12.7 Å². The van der Waals surface area contributed by atoms with E-state index in [0.717, 1.165) is 24.0 Å². The van der Waals surface area contributed by atoms with E-state index in [4.69, 9.17) is 9.47 Å². The Kier molecular flexibility index (Phi) is 5.81. The van der Waals surface area contributed by atoms with Crippen LogP contribution in [0, 0.1) is 5.92 Å². The van der Waals surface area contributed by atoms with Gasteiger partial charge in [0.25, 0.3) is 0 Å². The van der Waals surface area contributed by atoms with Crippen LogP contribution >= 0.6 is 0 Å². The molecular weight excluding hydrogens is 304 g/mol. The molecular formula is C20H26O4. The van der Waals surface area contributed by atoms with Crippen molar-refractivity contribution in [2.75, 3.05) is 0 Å². The summed E-state index contributed by atoms with van der Waals surface area (Å²) >= 11 is 0. The first-order valence-electron chi connectivity index (χ1n) is 8.40. The quantitative estimate of drug-likeness (QED) is 0.436. The van der Waals surface area contributed by atoms with Crippen molar-refractivity contribution >= 4 is 11.9 Å². The van der Waals surface area contributed by atoms with Gasteiger partial charge in [-0.15, -0.1) is 0 Å². The third-order valence-corrected chi connectivity index (χ3v) is 4.68. The maximum Gasteiger partial charge on any atom is 0.334 e. The Labute approximate surface area is 143 Å². The van der Waals surface area contributed by atoms with Crippen LogP contribution in [-0.2, 0) is 19.1 Å². The Morgan fingerprint density at radius 3 is 2.75 bits per heavy atom. The molecule has 0 N–H and O–H groups in total. The molecule has 4 heteroatoms. The molecule has 0 spiro atoms. The molecule has 3 atom stereocenters. The predicted octanol–water partition coefficient (Wildman–Crippen LogP) is 4.04. The molecule has 4 nitrogen and oxygen atoms in total. The molecule has 130 valence electrons. The number of rotatable bonds is 2. The van der Waals surface area contributed by atoms with Crippen molar-refractivity contribution < 1.29 is 19.1 Å². The summed E-state index contributed by atoms with van der Waals surface area (Å²) in [5, 5.41) is 0. The van der Waals surface area contributed by atoms with Crippen LogP contribution in [0.2, 0.25) is 0 Å². The Morgan fingerprint density at radius 1 is 1.38 bits per heavy atom. The van der Waals surface area contributed by atoms with Crippen LogP contribution in [0.1, 0.15) is 47.0 Å². The van der Waals surface area contributed by atoms with Crippen LogP contribution in [0.5, 0.6) is 0 Å². The summed E-state index contributed by atoms with van der Waals surface area (Å²) in [6.45, 7) is 11.5. The smallest absolute Gasteiger partial charge is 0.334 e. The lowest BCUT2D eigenvalue weighted by Gasteiger charge is -2.27. The number of ether oxygens (including phenoxy) is 2. The molecule has 2 rings (SSSR count). The Balaban J connectivity index is 2.38. The first-order chi connectivity index (χ1) is 11.3. The second-order valence-electron chi connectivity index (χ2n) is 6.64. The van der Waals surface area contributed by atoms with E-state index in [0.29, 0.717) is 17.6 Å². The van der Waals surface area contributed by atoms with Crippen molar-refractivity contribution in [2.45, 2.75) is 59.2 Å². The predicted molar refractivity (Wildman–Crippen MR) is 93.2 cm³/mol. The number of hydrogen-bond donors (Lipinski definition) is 0. The van der Waals surface area contributed by atoms with Crippen LogP contribution in [0.25, 0.3) is 0 Å². The highest BCUT2D eigenvalue weighted by Gasteiger charge is 2.44. The minimum absolute atomic E-state index is 0.345. The van der Waals surface area contributed by atoms with Gasteiger partial charge in [-0.2, -0.15) is 0 Å². The molecule has 0 aromatic heterocycles. The Bertz CT molecular complexity index is 636. The molecule has 3 unspecified atom stereocenters. The molecule has 0 aromatic carbocycles. The van der Waals surface area contributed by atoms with Gasteiger partial charge in [-0.05, 0) is 46.6 Å². The number of allylic oxidation sites excluding steroid dienone is 3. The Hall–Kier alpha value is -2.10. The largest absolute Gasteiger partial charge is 0.458 e. The minimum atomic E-state index is -0.463. The maximum absolute atomic E-state index is 12.3. The van der Waals surface area contributed by atoms with Crippen molar-refractivity contribution in [3.63, 3.8) is 0 Å². The van der Waals surface area contributed by atoms with Crippen molar-refractivity contribution in [3.8, 4) is 0 Å². The van der Waals surface area contributed by atoms with E-state index < -0.39 is 18.2 Å². The van der Waals surface area contributed by atoms with Gasteiger partial charge in [0.2, 0.25) is 0 Å². The summed E-state index contributed by atoms with van der Waals surface area (Å²) in [5.41, 5.74) is 3.24. The van der Waals surface area contributed by atoms with Gasteiger partial charge in [-0.25, -0.2) is 9.59 Å². The molecule has 1 fully saturated rings. The zero-order valence-corrected chi connectivity index (χ0v) is 14.9. The normalized spacial score (nSPS) is 32.8.